The van der Waals surface area contributed by atoms with E-state index in [9.17, 15) is 22.4 Å². The van der Waals surface area contributed by atoms with Crippen LogP contribution in [0.1, 0.15) is 44.5 Å². The fraction of sp³-hybridized carbons (Fsp3) is 0.261. The maximum absolute atomic E-state index is 14.7. The van der Waals surface area contributed by atoms with Crippen LogP contribution in [0.3, 0.4) is 0 Å². The van der Waals surface area contributed by atoms with E-state index >= 15 is 0 Å². The Morgan fingerprint density at radius 3 is 2.42 bits per heavy atom. The van der Waals surface area contributed by atoms with E-state index in [1.54, 1.807) is 45.0 Å². The maximum atomic E-state index is 14.7. The Hall–Kier alpha value is -4.29. The van der Waals surface area contributed by atoms with Crippen LogP contribution in [-0.2, 0) is 11.2 Å². The van der Waals surface area contributed by atoms with Crippen molar-refractivity contribution in [3.8, 4) is 22.9 Å². The molecule has 0 saturated heterocycles. The second kappa shape index (κ2) is 9.76. The van der Waals surface area contributed by atoms with Crippen molar-refractivity contribution in [2.75, 3.05) is 5.32 Å². The van der Waals surface area contributed by atoms with Gasteiger partial charge in [-0.2, -0.15) is 13.8 Å². The molecule has 0 fully saturated rings. The minimum Gasteiger partial charge on any atom is -0.444 e. The smallest absolute Gasteiger partial charge is 0.412 e. The normalized spacial score (nSPS) is 11.7. The SMILES string of the molecule is CC(C)(C)OC(=O)Nc1cccc(-c2nc(Cc3c(F)cc(-c4nnc(C(F)F)o4)cc3F)no2)c1. The summed E-state index contributed by atoms with van der Waals surface area (Å²) in [6.07, 6.45) is -4.02. The first-order valence-corrected chi connectivity index (χ1v) is 10.5. The number of nitrogens with zero attached hydrogens (tertiary/aromatic N) is 4. The maximum Gasteiger partial charge on any atom is 0.412 e. The van der Waals surface area contributed by atoms with E-state index in [0.29, 0.717) is 11.3 Å². The molecule has 0 aliphatic carbocycles. The Bertz CT molecular complexity index is 1370. The number of amides is 1. The molecular formula is C23H19F4N5O4. The van der Waals surface area contributed by atoms with Gasteiger partial charge in [-0.05, 0) is 51.1 Å². The summed E-state index contributed by atoms with van der Waals surface area (Å²) in [5.41, 5.74) is -0.391. The van der Waals surface area contributed by atoms with Gasteiger partial charge >= 0.3 is 12.5 Å². The first kappa shape index (κ1) is 24.8. The van der Waals surface area contributed by atoms with Gasteiger partial charge in [-0.25, -0.2) is 13.6 Å². The highest BCUT2D eigenvalue weighted by Crippen LogP contribution is 2.28. The van der Waals surface area contributed by atoms with Crippen LogP contribution < -0.4 is 5.32 Å². The molecule has 4 rings (SSSR count). The first-order chi connectivity index (χ1) is 17.0. The molecule has 2 aromatic carbocycles. The Balaban J connectivity index is 1.50. The predicted molar refractivity (Wildman–Crippen MR) is 117 cm³/mol. The van der Waals surface area contributed by atoms with Crippen LogP contribution in [-0.4, -0.2) is 32.0 Å². The standard InChI is InChI=1S/C23H19F4N5O4/c1-23(2,3)35-22(33)28-13-6-4-5-11(7-13)19-29-17(32-36-19)10-14-15(24)8-12(9-16(14)25)20-30-31-21(34-20)18(26)27/h4-9,18H,10H2,1-3H3,(H,28,33). The van der Waals surface area contributed by atoms with Crippen LogP contribution >= 0.6 is 0 Å². The zero-order chi connectivity index (χ0) is 26.0. The molecule has 0 atom stereocenters. The van der Waals surface area contributed by atoms with Gasteiger partial charge in [0.25, 0.3) is 11.8 Å². The summed E-state index contributed by atoms with van der Waals surface area (Å²) in [4.78, 5) is 16.2. The summed E-state index contributed by atoms with van der Waals surface area (Å²) in [7, 11) is 0. The summed E-state index contributed by atoms with van der Waals surface area (Å²) in [6, 6.07) is 8.24. The third-order valence-electron chi connectivity index (χ3n) is 4.57. The average Bonchev–Trinajstić information content (AvgIpc) is 3.45. The van der Waals surface area contributed by atoms with E-state index in [2.05, 4.69) is 25.7 Å². The molecule has 36 heavy (non-hydrogen) atoms. The van der Waals surface area contributed by atoms with Crippen molar-refractivity contribution < 1.29 is 36.0 Å². The van der Waals surface area contributed by atoms with Crippen molar-refractivity contribution >= 4 is 11.8 Å². The van der Waals surface area contributed by atoms with Gasteiger partial charge in [0.1, 0.15) is 17.2 Å². The molecule has 0 aliphatic heterocycles. The van der Waals surface area contributed by atoms with Crippen LogP contribution in [0, 0.1) is 11.6 Å². The highest BCUT2D eigenvalue weighted by molar-refractivity contribution is 5.85. The second-order valence-electron chi connectivity index (χ2n) is 8.56. The van der Waals surface area contributed by atoms with Crippen molar-refractivity contribution in [2.45, 2.75) is 39.2 Å². The summed E-state index contributed by atoms with van der Waals surface area (Å²) in [6.45, 7) is 5.20. The highest BCUT2D eigenvalue weighted by atomic mass is 19.3. The number of anilines is 1. The third kappa shape index (κ3) is 5.85. The van der Waals surface area contributed by atoms with Crippen molar-refractivity contribution in [2.24, 2.45) is 0 Å². The number of halogens is 4. The van der Waals surface area contributed by atoms with Gasteiger partial charge in [0.15, 0.2) is 5.82 Å². The lowest BCUT2D eigenvalue weighted by atomic mass is 10.1. The van der Waals surface area contributed by atoms with Gasteiger partial charge in [-0.3, -0.25) is 5.32 Å². The van der Waals surface area contributed by atoms with Gasteiger partial charge in [0, 0.05) is 28.8 Å². The molecule has 0 saturated carbocycles. The Morgan fingerprint density at radius 1 is 1.06 bits per heavy atom. The Labute approximate surface area is 201 Å². The number of alkyl halides is 2. The van der Waals surface area contributed by atoms with Crippen molar-refractivity contribution in [1.82, 2.24) is 20.3 Å². The monoisotopic (exact) mass is 505 g/mol. The van der Waals surface area contributed by atoms with Gasteiger partial charge in [0.2, 0.25) is 5.89 Å². The highest BCUT2D eigenvalue weighted by Gasteiger charge is 2.21. The first-order valence-electron chi connectivity index (χ1n) is 10.5. The summed E-state index contributed by atoms with van der Waals surface area (Å²) < 4.78 is 69.7. The zero-order valence-electron chi connectivity index (χ0n) is 19.2. The fourth-order valence-corrected chi connectivity index (χ4v) is 3.09. The average molecular weight is 505 g/mol. The molecule has 1 amide bonds. The summed E-state index contributed by atoms with van der Waals surface area (Å²) >= 11 is 0. The van der Waals surface area contributed by atoms with E-state index in [0.717, 1.165) is 12.1 Å². The van der Waals surface area contributed by atoms with Crippen LogP contribution in [0.4, 0.5) is 28.0 Å². The zero-order valence-corrected chi connectivity index (χ0v) is 19.2. The fourth-order valence-electron chi connectivity index (χ4n) is 3.09. The number of nitrogens with one attached hydrogen (secondary N) is 1. The molecule has 9 nitrogen and oxygen atoms in total. The number of rotatable bonds is 6. The van der Waals surface area contributed by atoms with E-state index in [4.69, 9.17) is 13.7 Å². The van der Waals surface area contributed by atoms with Crippen LogP contribution in [0.5, 0.6) is 0 Å². The Morgan fingerprint density at radius 2 is 1.78 bits per heavy atom. The van der Waals surface area contributed by atoms with Gasteiger partial charge in [-0.15, -0.1) is 10.2 Å². The molecule has 0 radical (unpaired) electrons. The van der Waals surface area contributed by atoms with Gasteiger partial charge in [0.05, 0.1) is 0 Å². The quantitative estimate of drug-likeness (QED) is 0.320. The summed E-state index contributed by atoms with van der Waals surface area (Å²) in [5.74, 6) is -3.34. The number of hydrogen-bond donors (Lipinski definition) is 1. The summed E-state index contributed by atoms with van der Waals surface area (Å²) in [5, 5.41) is 12.9. The van der Waals surface area contributed by atoms with Crippen molar-refractivity contribution in [3.63, 3.8) is 0 Å². The molecule has 0 unspecified atom stereocenters. The van der Waals surface area contributed by atoms with Crippen LogP contribution in [0.25, 0.3) is 22.9 Å². The molecule has 0 bridgehead atoms. The van der Waals surface area contributed by atoms with Crippen molar-refractivity contribution in [3.05, 3.63) is 65.3 Å². The molecule has 1 N–H and O–H groups in total. The molecule has 2 aromatic heterocycles. The van der Waals surface area contributed by atoms with Gasteiger partial charge in [-0.1, -0.05) is 11.2 Å². The molecule has 2 heterocycles. The predicted octanol–water partition coefficient (Wildman–Crippen LogP) is 5.94. The molecule has 188 valence electrons. The third-order valence-corrected chi connectivity index (χ3v) is 4.57. The molecule has 13 heteroatoms. The van der Waals surface area contributed by atoms with E-state index in [-0.39, 0.29) is 29.3 Å². The van der Waals surface area contributed by atoms with Crippen LogP contribution in [0.2, 0.25) is 0 Å². The lowest BCUT2D eigenvalue weighted by Crippen LogP contribution is -2.27. The van der Waals surface area contributed by atoms with E-state index in [1.807, 2.05) is 0 Å². The van der Waals surface area contributed by atoms with E-state index < -0.39 is 41.5 Å². The second-order valence-corrected chi connectivity index (χ2v) is 8.56. The Kier molecular flexibility index (Phi) is 6.73. The topological polar surface area (TPSA) is 116 Å². The number of ether oxygens (including phenoxy) is 1. The number of aromatic nitrogens is 4. The number of hydrogen-bond acceptors (Lipinski definition) is 8. The largest absolute Gasteiger partial charge is 0.444 e. The number of carbonyl (C=O) groups excluding carboxylic acids is 1. The lowest BCUT2D eigenvalue weighted by Gasteiger charge is -2.19. The molecule has 0 aliphatic rings. The molecule has 4 aromatic rings. The molecule has 0 spiro atoms. The van der Waals surface area contributed by atoms with Crippen molar-refractivity contribution in [1.29, 1.82) is 0 Å². The minimum absolute atomic E-state index is 0.0150. The minimum atomic E-state index is -3.01. The van der Waals surface area contributed by atoms with E-state index in [1.165, 1.54) is 0 Å². The number of carbonyl (C=O) groups is 1. The molecular weight excluding hydrogens is 486 g/mol. The van der Waals surface area contributed by atoms with Crippen LogP contribution in [0.15, 0.2) is 45.3 Å². The number of benzene rings is 2. The van der Waals surface area contributed by atoms with Gasteiger partial charge < -0.3 is 13.7 Å². The lowest BCUT2D eigenvalue weighted by molar-refractivity contribution is 0.0636.